The molecule has 0 saturated carbocycles. The van der Waals surface area contributed by atoms with Gasteiger partial charge in [-0.15, -0.1) is 0 Å². The zero-order valence-electron chi connectivity index (χ0n) is 13.8. The Balaban J connectivity index is 1.54. The molecule has 1 heterocycles. The van der Waals surface area contributed by atoms with Crippen LogP contribution in [0.15, 0.2) is 48.5 Å². The number of hydrazine groups is 1. The number of benzene rings is 2. The predicted octanol–water partition coefficient (Wildman–Crippen LogP) is 1.53. The Kier molecular flexibility index (Phi) is 4.98. The van der Waals surface area contributed by atoms with Crippen LogP contribution in [0.4, 0.5) is 5.69 Å². The zero-order chi connectivity index (χ0) is 16.9. The molecule has 126 valence electrons. The van der Waals surface area contributed by atoms with Crippen molar-refractivity contribution in [1.29, 1.82) is 0 Å². The van der Waals surface area contributed by atoms with Crippen LogP contribution in [0.3, 0.4) is 0 Å². The number of carbonyl (C=O) groups excluding carboxylic acids is 1. The van der Waals surface area contributed by atoms with E-state index in [9.17, 15) is 4.79 Å². The van der Waals surface area contributed by atoms with Gasteiger partial charge in [-0.3, -0.25) is 4.79 Å². The van der Waals surface area contributed by atoms with Crippen LogP contribution in [0, 0.1) is 6.92 Å². The molecule has 1 fully saturated rings. The van der Waals surface area contributed by atoms with Crippen molar-refractivity contribution < 1.29 is 9.53 Å². The molecule has 2 aromatic carbocycles. The molecule has 1 aliphatic heterocycles. The van der Waals surface area contributed by atoms with Gasteiger partial charge in [-0.1, -0.05) is 29.8 Å². The topological polar surface area (TPSA) is 74.4 Å². The Hall–Kier alpha value is -2.57. The number of hydrogen-bond acceptors (Lipinski definition) is 5. The van der Waals surface area contributed by atoms with Crippen molar-refractivity contribution in [3.63, 3.8) is 0 Å². The van der Waals surface area contributed by atoms with Crippen LogP contribution in [0.25, 0.3) is 0 Å². The first-order chi connectivity index (χ1) is 11.6. The number of methoxy groups -OCH3 is 1. The molecule has 6 heteroatoms. The minimum atomic E-state index is -0.375. The van der Waals surface area contributed by atoms with E-state index >= 15 is 0 Å². The van der Waals surface area contributed by atoms with Crippen LogP contribution >= 0.6 is 0 Å². The summed E-state index contributed by atoms with van der Waals surface area (Å²) in [6, 6.07) is 15.4. The average molecular weight is 326 g/mol. The molecule has 0 spiro atoms. The highest BCUT2D eigenvalue weighted by atomic mass is 16.5. The molecule has 1 aliphatic rings. The van der Waals surface area contributed by atoms with Crippen molar-refractivity contribution in [2.24, 2.45) is 0 Å². The van der Waals surface area contributed by atoms with Gasteiger partial charge in [0.15, 0.2) is 6.29 Å². The number of aryl methyl sites for hydroxylation is 1. The first-order valence-corrected chi connectivity index (χ1v) is 7.91. The Bertz CT molecular complexity index is 685. The smallest absolute Gasteiger partial charge is 0.241 e. The highest BCUT2D eigenvalue weighted by Crippen LogP contribution is 2.15. The van der Waals surface area contributed by atoms with E-state index in [2.05, 4.69) is 33.6 Å². The fourth-order valence-electron chi connectivity index (χ4n) is 2.56. The normalized spacial score (nSPS) is 20.3. The first kappa shape index (κ1) is 16.3. The van der Waals surface area contributed by atoms with Crippen molar-refractivity contribution in [3.05, 3.63) is 59.7 Å². The van der Waals surface area contributed by atoms with Gasteiger partial charge >= 0.3 is 0 Å². The second kappa shape index (κ2) is 7.33. The van der Waals surface area contributed by atoms with Crippen LogP contribution in [-0.2, 0) is 11.2 Å². The van der Waals surface area contributed by atoms with E-state index in [1.165, 1.54) is 5.56 Å². The molecule has 1 amide bonds. The van der Waals surface area contributed by atoms with E-state index in [1.54, 1.807) is 7.11 Å². The zero-order valence-corrected chi connectivity index (χ0v) is 13.8. The number of nitrogens with one attached hydrogen (secondary N) is 4. The first-order valence-electron chi connectivity index (χ1n) is 7.91. The largest absolute Gasteiger partial charge is 0.497 e. The molecular weight excluding hydrogens is 304 g/mol. The minimum absolute atomic E-state index is 0.0414. The summed E-state index contributed by atoms with van der Waals surface area (Å²) in [4.78, 5) is 12.3. The lowest BCUT2D eigenvalue weighted by Gasteiger charge is -2.32. The molecule has 0 aromatic heterocycles. The molecule has 2 unspecified atom stereocenters. The van der Waals surface area contributed by atoms with Crippen molar-refractivity contribution in [3.8, 4) is 5.75 Å². The van der Waals surface area contributed by atoms with E-state index in [4.69, 9.17) is 4.74 Å². The third kappa shape index (κ3) is 4.04. The summed E-state index contributed by atoms with van der Waals surface area (Å²) in [5.41, 5.74) is 9.37. The fourth-order valence-corrected chi connectivity index (χ4v) is 2.56. The lowest BCUT2D eigenvalue weighted by Crippen LogP contribution is -2.68. The van der Waals surface area contributed by atoms with Gasteiger partial charge in [0.1, 0.15) is 11.8 Å². The molecule has 4 N–H and O–H groups in total. The summed E-state index contributed by atoms with van der Waals surface area (Å²) in [5, 5.41) is 6.11. The van der Waals surface area contributed by atoms with E-state index in [0.29, 0.717) is 6.42 Å². The molecule has 3 rings (SSSR count). The second-order valence-electron chi connectivity index (χ2n) is 5.85. The summed E-state index contributed by atoms with van der Waals surface area (Å²) in [6.45, 7) is 2.05. The maximum absolute atomic E-state index is 12.3. The molecule has 1 saturated heterocycles. The number of hydrogen-bond donors (Lipinski definition) is 4. The van der Waals surface area contributed by atoms with Gasteiger partial charge in [-0.25, -0.2) is 10.9 Å². The Morgan fingerprint density at radius 1 is 1.04 bits per heavy atom. The van der Waals surface area contributed by atoms with E-state index < -0.39 is 0 Å². The summed E-state index contributed by atoms with van der Waals surface area (Å²) in [5.74, 6) is 0.748. The third-order valence-electron chi connectivity index (χ3n) is 3.97. The summed E-state index contributed by atoms with van der Waals surface area (Å²) in [7, 11) is 1.63. The highest BCUT2D eigenvalue weighted by molar-refractivity contribution is 5.83. The molecular formula is C18H22N4O2. The van der Waals surface area contributed by atoms with Crippen molar-refractivity contribution in [2.75, 3.05) is 12.4 Å². The molecule has 24 heavy (non-hydrogen) atoms. The van der Waals surface area contributed by atoms with Gasteiger partial charge in [0.25, 0.3) is 0 Å². The van der Waals surface area contributed by atoms with Crippen LogP contribution in [0.1, 0.15) is 11.1 Å². The molecule has 6 nitrogen and oxygen atoms in total. The second-order valence-corrected chi connectivity index (χ2v) is 5.85. The Morgan fingerprint density at radius 2 is 1.75 bits per heavy atom. The molecule has 0 radical (unpaired) electrons. The molecule has 0 bridgehead atoms. The van der Waals surface area contributed by atoms with Crippen LogP contribution in [-0.4, -0.2) is 25.3 Å². The van der Waals surface area contributed by atoms with E-state index in [1.807, 2.05) is 43.3 Å². The van der Waals surface area contributed by atoms with Gasteiger partial charge < -0.3 is 15.4 Å². The van der Waals surface area contributed by atoms with Crippen molar-refractivity contribution >= 4 is 11.6 Å². The maximum Gasteiger partial charge on any atom is 0.241 e. The highest BCUT2D eigenvalue weighted by Gasteiger charge is 2.27. The summed E-state index contributed by atoms with van der Waals surface area (Å²) in [6.07, 6.45) is 0.258. The number of amides is 1. The SMILES string of the molecule is COc1ccc(NC2NNC(Cc3ccc(C)cc3)C(=O)N2)cc1. The lowest BCUT2D eigenvalue weighted by atomic mass is 10.0. The fraction of sp³-hybridized carbons (Fsp3) is 0.278. The number of anilines is 1. The average Bonchev–Trinajstić information content (AvgIpc) is 2.60. The lowest BCUT2D eigenvalue weighted by molar-refractivity contribution is -0.126. The monoisotopic (exact) mass is 326 g/mol. The molecule has 0 aliphatic carbocycles. The van der Waals surface area contributed by atoms with E-state index in [-0.39, 0.29) is 18.2 Å². The van der Waals surface area contributed by atoms with Crippen molar-refractivity contribution in [1.82, 2.24) is 16.2 Å². The summed E-state index contributed by atoms with van der Waals surface area (Å²) >= 11 is 0. The number of rotatable bonds is 5. The van der Waals surface area contributed by atoms with Gasteiger partial charge in [0.05, 0.1) is 7.11 Å². The Morgan fingerprint density at radius 3 is 2.38 bits per heavy atom. The van der Waals surface area contributed by atoms with Crippen LogP contribution < -0.4 is 26.2 Å². The van der Waals surface area contributed by atoms with Gasteiger partial charge in [-0.2, -0.15) is 0 Å². The predicted molar refractivity (Wildman–Crippen MR) is 93.5 cm³/mol. The standard InChI is InChI=1S/C18H22N4O2/c1-12-3-5-13(6-4-12)11-16-17(23)20-18(22-21-16)19-14-7-9-15(24-2)10-8-14/h3-10,16,18-19,21-22H,11H2,1-2H3,(H,20,23). The van der Waals surface area contributed by atoms with Crippen LogP contribution in [0.5, 0.6) is 5.75 Å². The van der Waals surface area contributed by atoms with Gasteiger partial charge in [0, 0.05) is 5.69 Å². The minimum Gasteiger partial charge on any atom is -0.497 e. The van der Waals surface area contributed by atoms with Gasteiger partial charge in [0.2, 0.25) is 5.91 Å². The van der Waals surface area contributed by atoms with Gasteiger partial charge in [-0.05, 0) is 43.2 Å². The number of carbonyl (C=O) groups is 1. The third-order valence-corrected chi connectivity index (χ3v) is 3.97. The summed E-state index contributed by atoms with van der Waals surface area (Å²) < 4.78 is 5.13. The maximum atomic E-state index is 12.3. The Labute approximate surface area is 141 Å². The van der Waals surface area contributed by atoms with E-state index in [0.717, 1.165) is 17.0 Å². The number of ether oxygens (including phenoxy) is 1. The quantitative estimate of drug-likeness (QED) is 0.671. The molecule has 2 atom stereocenters. The molecule has 2 aromatic rings. The van der Waals surface area contributed by atoms with Crippen LogP contribution in [0.2, 0.25) is 0 Å². The van der Waals surface area contributed by atoms with Crippen molar-refractivity contribution in [2.45, 2.75) is 25.7 Å².